The quantitative estimate of drug-likeness (QED) is 0.433. The van der Waals surface area contributed by atoms with Gasteiger partial charge in [0.25, 0.3) is 0 Å². The normalized spacial score (nSPS) is 13.7. The number of hydrogen-bond acceptors (Lipinski definition) is 2. The molecule has 0 amide bonds. The van der Waals surface area contributed by atoms with Crippen LogP contribution in [0.5, 0.6) is 0 Å². The molecule has 0 aliphatic carbocycles. The van der Waals surface area contributed by atoms with E-state index in [-0.39, 0.29) is 4.11 Å². The minimum Gasteiger partial charge on any atom is -0.383 e. The van der Waals surface area contributed by atoms with E-state index in [4.69, 9.17) is 10.8 Å². The molecule has 0 aliphatic rings. The Balaban J connectivity index is 2.75. The number of hydrogen-bond donors (Lipinski definition) is 2. The number of alkyl halides is 1. The third kappa shape index (κ3) is 8.65. The fourth-order valence-corrected chi connectivity index (χ4v) is 1.07. The van der Waals surface area contributed by atoms with Crippen LogP contribution in [-0.4, -0.2) is 15.8 Å². The highest BCUT2D eigenvalue weighted by atomic mass is 127. The van der Waals surface area contributed by atoms with E-state index in [0.29, 0.717) is 0 Å². The van der Waals surface area contributed by atoms with E-state index in [1.807, 2.05) is 22.6 Å². The molecule has 1 unspecified atom stereocenters. The van der Waals surface area contributed by atoms with E-state index < -0.39 is 0 Å². The van der Waals surface area contributed by atoms with Gasteiger partial charge in [-0.3, -0.25) is 0 Å². The maximum Gasteiger partial charge on any atom is 0.105 e. The van der Waals surface area contributed by atoms with Crippen LogP contribution in [-0.2, 0) is 0 Å². The number of aliphatic hydroxyl groups excluding tert-OH is 1. The minimum absolute atomic E-state index is 0.166. The highest BCUT2D eigenvalue weighted by Gasteiger charge is 1.94. The summed E-state index contributed by atoms with van der Waals surface area (Å²) in [6.45, 7) is 0.775. The van der Waals surface area contributed by atoms with Gasteiger partial charge in [-0.25, -0.2) is 0 Å². The molecule has 0 saturated heterocycles. The van der Waals surface area contributed by atoms with Gasteiger partial charge in [-0.1, -0.05) is 35.4 Å². The summed E-state index contributed by atoms with van der Waals surface area (Å²) < 4.78 is -0.166. The largest absolute Gasteiger partial charge is 0.383 e. The SMILES string of the molecule is NCCCCCC(O)I. The summed E-state index contributed by atoms with van der Waals surface area (Å²) in [5.41, 5.74) is 5.28. The molecule has 0 bridgehead atoms. The Morgan fingerprint density at radius 1 is 1.33 bits per heavy atom. The van der Waals surface area contributed by atoms with Crippen molar-refractivity contribution in [1.29, 1.82) is 0 Å². The maximum absolute atomic E-state index is 8.81. The van der Waals surface area contributed by atoms with E-state index >= 15 is 0 Å². The molecular weight excluding hydrogens is 229 g/mol. The lowest BCUT2D eigenvalue weighted by Crippen LogP contribution is -1.99. The molecular formula is C6H14INO. The first-order chi connectivity index (χ1) is 4.27. The third-order valence-electron chi connectivity index (χ3n) is 1.15. The topological polar surface area (TPSA) is 46.2 Å². The standard InChI is InChI=1S/C6H14INO/c7-6(9)4-2-1-3-5-8/h6,9H,1-5,8H2. The van der Waals surface area contributed by atoms with Crippen molar-refractivity contribution in [2.24, 2.45) is 5.73 Å². The second-order valence-corrected chi connectivity index (χ2v) is 3.51. The molecule has 3 N–H and O–H groups in total. The highest BCUT2D eigenvalue weighted by Crippen LogP contribution is 2.07. The molecule has 0 spiro atoms. The van der Waals surface area contributed by atoms with Gasteiger partial charge in [-0.2, -0.15) is 0 Å². The molecule has 1 atom stereocenters. The molecule has 0 rings (SSSR count). The first-order valence-electron chi connectivity index (χ1n) is 3.29. The van der Waals surface area contributed by atoms with Crippen molar-refractivity contribution in [3.8, 4) is 0 Å². The molecule has 3 heteroatoms. The lowest BCUT2D eigenvalue weighted by atomic mass is 10.2. The Morgan fingerprint density at radius 2 is 2.00 bits per heavy atom. The third-order valence-corrected chi connectivity index (χ3v) is 1.77. The summed E-state index contributed by atoms with van der Waals surface area (Å²) in [6.07, 6.45) is 4.24. The summed E-state index contributed by atoms with van der Waals surface area (Å²) in [6, 6.07) is 0. The molecule has 0 aromatic heterocycles. The number of halogens is 1. The van der Waals surface area contributed by atoms with Gasteiger partial charge in [0.2, 0.25) is 0 Å². The number of aliphatic hydroxyl groups is 1. The Kier molecular flexibility index (Phi) is 7.25. The van der Waals surface area contributed by atoms with E-state index in [1.165, 1.54) is 0 Å². The van der Waals surface area contributed by atoms with Gasteiger partial charge in [0.05, 0.1) is 0 Å². The van der Waals surface area contributed by atoms with Crippen molar-refractivity contribution >= 4 is 22.6 Å². The molecule has 0 aromatic rings. The van der Waals surface area contributed by atoms with Gasteiger partial charge < -0.3 is 10.8 Å². The zero-order valence-corrected chi connectivity index (χ0v) is 7.67. The van der Waals surface area contributed by atoms with Crippen molar-refractivity contribution in [1.82, 2.24) is 0 Å². The average Bonchev–Trinajstić information content (AvgIpc) is 1.80. The van der Waals surface area contributed by atoms with Gasteiger partial charge >= 0.3 is 0 Å². The van der Waals surface area contributed by atoms with Crippen molar-refractivity contribution in [3.63, 3.8) is 0 Å². The van der Waals surface area contributed by atoms with Crippen LogP contribution < -0.4 is 5.73 Å². The predicted octanol–water partition coefficient (Wildman–Crippen LogP) is 1.26. The zero-order valence-electron chi connectivity index (χ0n) is 5.52. The molecule has 2 nitrogen and oxygen atoms in total. The fourth-order valence-electron chi connectivity index (χ4n) is 0.634. The van der Waals surface area contributed by atoms with Crippen LogP contribution in [0.4, 0.5) is 0 Å². The van der Waals surface area contributed by atoms with E-state index in [0.717, 1.165) is 32.2 Å². The molecule has 56 valence electrons. The number of nitrogens with two attached hydrogens (primary N) is 1. The van der Waals surface area contributed by atoms with Gasteiger partial charge in [0, 0.05) is 0 Å². The summed E-state index contributed by atoms with van der Waals surface area (Å²) in [4.78, 5) is 0. The van der Waals surface area contributed by atoms with Crippen LogP contribution in [0.25, 0.3) is 0 Å². The van der Waals surface area contributed by atoms with Crippen LogP contribution >= 0.6 is 22.6 Å². The number of unbranched alkanes of at least 4 members (excludes halogenated alkanes) is 2. The first-order valence-corrected chi connectivity index (χ1v) is 4.54. The fraction of sp³-hybridized carbons (Fsp3) is 1.00. The average molecular weight is 243 g/mol. The van der Waals surface area contributed by atoms with Crippen molar-refractivity contribution in [3.05, 3.63) is 0 Å². The second kappa shape index (κ2) is 6.77. The van der Waals surface area contributed by atoms with Crippen LogP contribution in [0.3, 0.4) is 0 Å². The lowest BCUT2D eigenvalue weighted by molar-refractivity contribution is 0.263. The molecule has 0 fully saturated rings. The Labute approximate surface area is 70.0 Å². The molecule has 0 heterocycles. The molecule has 0 aromatic carbocycles. The minimum atomic E-state index is -0.166. The summed E-state index contributed by atoms with van der Waals surface area (Å²) in [7, 11) is 0. The second-order valence-electron chi connectivity index (χ2n) is 2.07. The van der Waals surface area contributed by atoms with Gasteiger partial charge in [0.15, 0.2) is 0 Å². The van der Waals surface area contributed by atoms with Gasteiger partial charge in [0.1, 0.15) is 4.11 Å². The Hall–Kier alpha value is 0.650. The van der Waals surface area contributed by atoms with Crippen molar-refractivity contribution in [2.45, 2.75) is 29.8 Å². The summed E-state index contributed by atoms with van der Waals surface area (Å²) >= 11 is 2.02. The van der Waals surface area contributed by atoms with E-state index in [2.05, 4.69) is 0 Å². The number of rotatable bonds is 5. The van der Waals surface area contributed by atoms with Crippen LogP contribution in [0.2, 0.25) is 0 Å². The van der Waals surface area contributed by atoms with E-state index in [9.17, 15) is 0 Å². The van der Waals surface area contributed by atoms with Crippen molar-refractivity contribution < 1.29 is 5.11 Å². The zero-order chi connectivity index (χ0) is 7.11. The molecule has 0 aliphatic heterocycles. The predicted molar refractivity (Wildman–Crippen MR) is 47.5 cm³/mol. The van der Waals surface area contributed by atoms with Crippen LogP contribution in [0, 0.1) is 0 Å². The van der Waals surface area contributed by atoms with Crippen molar-refractivity contribution in [2.75, 3.05) is 6.54 Å². The van der Waals surface area contributed by atoms with Crippen LogP contribution in [0.1, 0.15) is 25.7 Å². The Morgan fingerprint density at radius 3 is 2.44 bits per heavy atom. The molecule has 0 saturated carbocycles. The molecule has 9 heavy (non-hydrogen) atoms. The highest BCUT2D eigenvalue weighted by molar-refractivity contribution is 14.1. The monoisotopic (exact) mass is 243 g/mol. The summed E-state index contributed by atoms with van der Waals surface area (Å²) in [5.74, 6) is 0. The summed E-state index contributed by atoms with van der Waals surface area (Å²) in [5, 5.41) is 8.81. The Bertz CT molecular complexity index is 59.0. The maximum atomic E-state index is 8.81. The smallest absolute Gasteiger partial charge is 0.105 e. The van der Waals surface area contributed by atoms with Gasteiger partial charge in [-0.05, 0) is 19.4 Å². The van der Waals surface area contributed by atoms with E-state index in [1.54, 1.807) is 0 Å². The van der Waals surface area contributed by atoms with Crippen LogP contribution in [0.15, 0.2) is 0 Å². The first kappa shape index (κ1) is 9.65. The lowest BCUT2D eigenvalue weighted by Gasteiger charge is -1.99. The van der Waals surface area contributed by atoms with Gasteiger partial charge in [-0.15, -0.1) is 0 Å². The molecule has 0 radical (unpaired) electrons.